The van der Waals surface area contributed by atoms with E-state index in [4.69, 9.17) is 0 Å². The van der Waals surface area contributed by atoms with Crippen LogP contribution in [0, 0.1) is 0 Å². The molecule has 0 spiro atoms. The molecule has 1 N–H and O–H groups in total. The maximum absolute atomic E-state index is 12.7. The van der Waals surface area contributed by atoms with E-state index in [0.29, 0.717) is 12.5 Å². The summed E-state index contributed by atoms with van der Waals surface area (Å²) in [7, 11) is 0. The molecule has 5 heteroatoms. The topological polar surface area (TPSA) is 52.7 Å². The lowest BCUT2D eigenvalue weighted by Gasteiger charge is -2.33. The molecule has 25 heavy (non-hydrogen) atoms. The van der Waals surface area contributed by atoms with Gasteiger partial charge in [0.05, 0.1) is 0 Å². The highest BCUT2D eigenvalue weighted by Gasteiger charge is 2.25. The van der Waals surface area contributed by atoms with Crippen molar-refractivity contribution in [2.24, 2.45) is 0 Å². The minimum atomic E-state index is 0.0211. The maximum atomic E-state index is 12.7. The van der Waals surface area contributed by atoms with Gasteiger partial charge < -0.3 is 15.1 Å². The Morgan fingerprint density at radius 2 is 1.84 bits per heavy atom. The highest BCUT2D eigenvalue weighted by atomic mass is 16.2. The third kappa shape index (κ3) is 4.33. The molecule has 1 atom stereocenters. The second-order valence-electron chi connectivity index (χ2n) is 7.10. The monoisotopic (exact) mass is 343 g/mol. The molecule has 3 amide bonds. The first kappa shape index (κ1) is 17.8. The zero-order valence-electron chi connectivity index (χ0n) is 15.2. The zero-order chi connectivity index (χ0) is 17.6. The summed E-state index contributed by atoms with van der Waals surface area (Å²) in [6.07, 6.45) is 5.51. The number of urea groups is 1. The molecule has 0 saturated carbocycles. The van der Waals surface area contributed by atoms with Gasteiger partial charge in [0, 0.05) is 44.2 Å². The lowest BCUT2D eigenvalue weighted by Crippen LogP contribution is -2.44. The van der Waals surface area contributed by atoms with Crippen molar-refractivity contribution in [3.05, 3.63) is 35.4 Å². The van der Waals surface area contributed by atoms with Crippen molar-refractivity contribution in [1.82, 2.24) is 15.1 Å². The van der Waals surface area contributed by atoms with Gasteiger partial charge in [-0.05, 0) is 56.7 Å². The molecule has 0 unspecified atom stereocenters. The number of hydrogen-bond acceptors (Lipinski definition) is 2. The predicted octanol–water partition coefficient (Wildman–Crippen LogP) is 3.22. The van der Waals surface area contributed by atoms with Gasteiger partial charge >= 0.3 is 6.03 Å². The Morgan fingerprint density at radius 3 is 2.60 bits per heavy atom. The molecule has 2 heterocycles. The van der Waals surface area contributed by atoms with Gasteiger partial charge in [-0.2, -0.15) is 0 Å². The fourth-order valence-electron chi connectivity index (χ4n) is 3.90. The molecular formula is C20H29N3O2. The molecule has 0 aliphatic carbocycles. The van der Waals surface area contributed by atoms with Gasteiger partial charge in [-0.25, -0.2) is 4.79 Å². The van der Waals surface area contributed by atoms with Crippen LogP contribution in [0.3, 0.4) is 0 Å². The smallest absolute Gasteiger partial charge is 0.317 e. The molecule has 136 valence electrons. The molecule has 0 aromatic heterocycles. The number of piperidine rings is 2. The number of nitrogens with one attached hydrogen (secondary N) is 1. The lowest BCUT2D eigenvalue weighted by atomic mass is 9.89. The fraction of sp³-hybridized carbons (Fsp3) is 0.600. The first-order valence-corrected chi connectivity index (χ1v) is 9.61. The number of likely N-dealkylation sites (tertiary alicyclic amines) is 2. The summed E-state index contributed by atoms with van der Waals surface area (Å²) in [4.78, 5) is 28.7. The molecule has 2 fully saturated rings. The van der Waals surface area contributed by atoms with Crippen molar-refractivity contribution < 1.29 is 9.59 Å². The second kappa shape index (κ2) is 8.37. The molecule has 0 radical (unpaired) electrons. The van der Waals surface area contributed by atoms with Gasteiger partial charge in [0.1, 0.15) is 0 Å². The van der Waals surface area contributed by atoms with Crippen molar-refractivity contribution in [2.75, 3.05) is 32.7 Å². The Balaban J connectivity index is 1.70. The second-order valence-corrected chi connectivity index (χ2v) is 7.10. The predicted molar refractivity (Wildman–Crippen MR) is 98.8 cm³/mol. The van der Waals surface area contributed by atoms with E-state index in [1.165, 1.54) is 12.0 Å². The molecule has 2 saturated heterocycles. The van der Waals surface area contributed by atoms with Crippen molar-refractivity contribution in [3.63, 3.8) is 0 Å². The minimum absolute atomic E-state index is 0.0211. The first-order valence-electron chi connectivity index (χ1n) is 9.61. The molecule has 2 aliphatic heterocycles. The Bertz CT molecular complexity index is 611. The summed E-state index contributed by atoms with van der Waals surface area (Å²) in [6, 6.07) is 8.07. The standard InChI is InChI=1S/C20H29N3O2/c1-2-21-20(25)23-13-7-10-18(15-23)16-8-6-9-17(14-16)19(24)22-11-4-3-5-12-22/h6,8-9,14,18H,2-5,7,10-13,15H2,1H3,(H,21,25)/t18-/m1/s1. The Labute approximate surface area is 150 Å². The highest BCUT2D eigenvalue weighted by molar-refractivity contribution is 5.94. The van der Waals surface area contributed by atoms with Crippen LogP contribution in [0.1, 0.15) is 60.9 Å². The highest BCUT2D eigenvalue weighted by Crippen LogP contribution is 2.28. The number of benzene rings is 1. The van der Waals surface area contributed by atoms with Crippen LogP contribution in [0.2, 0.25) is 0 Å². The summed E-state index contributed by atoms with van der Waals surface area (Å²) >= 11 is 0. The van der Waals surface area contributed by atoms with E-state index < -0.39 is 0 Å². The van der Waals surface area contributed by atoms with Crippen LogP contribution in [0.25, 0.3) is 0 Å². The van der Waals surface area contributed by atoms with Gasteiger partial charge in [-0.3, -0.25) is 4.79 Å². The van der Waals surface area contributed by atoms with Gasteiger partial charge in [0.15, 0.2) is 0 Å². The van der Waals surface area contributed by atoms with Crippen LogP contribution in [0.5, 0.6) is 0 Å². The molecule has 0 bridgehead atoms. The van der Waals surface area contributed by atoms with E-state index >= 15 is 0 Å². The minimum Gasteiger partial charge on any atom is -0.339 e. The van der Waals surface area contributed by atoms with Crippen LogP contribution in [0.4, 0.5) is 4.79 Å². The third-order valence-electron chi connectivity index (χ3n) is 5.28. The van der Waals surface area contributed by atoms with Crippen molar-refractivity contribution >= 4 is 11.9 Å². The summed E-state index contributed by atoms with van der Waals surface area (Å²) in [5, 5.41) is 2.89. The third-order valence-corrected chi connectivity index (χ3v) is 5.28. The van der Waals surface area contributed by atoms with Crippen molar-refractivity contribution in [2.45, 2.75) is 44.9 Å². The molecule has 1 aromatic rings. The SMILES string of the molecule is CCNC(=O)N1CCC[C@@H](c2cccc(C(=O)N3CCCCC3)c2)C1. The number of nitrogens with zero attached hydrogens (tertiary/aromatic N) is 2. The average Bonchev–Trinajstić information content (AvgIpc) is 2.68. The Kier molecular flexibility index (Phi) is 5.95. The quantitative estimate of drug-likeness (QED) is 0.916. The normalized spacial score (nSPS) is 21.1. The Morgan fingerprint density at radius 1 is 1.08 bits per heavy atom. The van der Waals surface area contributed by atoms with Gasteiger partial charge in [0.25, 0.3) is 5.91 Å². The first-order chi connectivity index (χ1) is 12.2. The average molecular weight is 343 g/mol. The zero-order valence-corrected chi connectivity index (χ0v) is 15.2. The van der Waals surface area contributed by atoms with Crippen molar-refractivity contribution in [3.8, 4) is 0 Å². The van der Waals surface area contributed by atoms with E-state index in [9.17, 15) is 9.59 Å². The molecular weight excluding hydrogens is 314 g/mol. The molecule has 2 aliphatic rings. The van der Waals surface area contributed by atoms with E-state index in [1.807, 2.05) is 34.9 Å². The molecule has 3 rings (SSSR count). The Hall–Kier alpha value is -2.04. The van der Waals surface area contributed by atoms with Gasteiger partial charge in [-0.15, -0.1) is 0 Å². The maximum Gasteiger partial charge on any atom is 0.317 e. The van der Waals surface area contributed by atoms with Crippen LogP contribution < -0.4 is 5.32 Å². The largest absolute Gasteiger partial charge is 0.339 e. The van der Waals surface area contributed by atoms with Crippen LogP contribution in [-0.4, -0.2) is 54.5 Å². The summed E-state index contributed by atoms with van der Waals surface area (Å²) in [5.41, 5.74) is 1.96. The van der Waals surface area contributed by atoms with E-state index in [2.05, 4.69) is 11.4 Å². The summed E-state index contributed by atoms with van der Waals surface area (Å²) in [5.74, 6) is 0.461. The number of hydrogen-bond donors (Lipinski definition) is 1. The van der Waals surface area contributed by atoms with Gasteiger partial charge in [0.2, 0.25) is 0 Å². The lowest BCUT2D eigenvalue weighted by molar-refractivity contribution is 0.0724. The summed E-state index contributed by atoms with van der Waals surface area (Å²) in [6.45, 7) is 5.88. The molecule has 5 nitrogen and oxygen atoms in total. The van der Waals surface area contributed by atoms with Crippen LogP contribution in [-0.2, 0) is 0 Å². The van der Waals surface area contributed by atoms with Gasteiger partial charge in [-0.1, -0.05) is 12.1 Å². The number of carbonyl (C=O) groups excluding carboxylic acids is 2. The van der Waals surface area contributed by atoms with E-state index in [-0.39, 0.29) is 11.9 Å². The number of amides is 3. The van der Waals surface area contributed by atoms with Crippen LogP contribution >= 0.6 is 0 Å². The van der Waals surface area contributed by atoms with Crippen LogP contribution in [0.15, 0.2) is 24.3 Å². The number of carbonyl (C=O) groups is 2. The van der Waals surface area contributed by atoms with E-state index in [0.717, 1.165) is 57.4 Å². The fourth-order valence-corrected chi connectivity index (χ4v) is 3.90. The summed E-state index contributed by atoms with van der Waals surface area (Å²) < 4.78 is 0. The molecule has 1 aromatic carbocycles. The van der Waals surface area contributed by atoms with E-state index in [1.54, 1.807) is 0 Å². The number of rotatable bonds is 3. The van der Waals surface area contributed by atoms with Crippen molar-refractivity contribution in [1.29, 1.82) is 0 Å².